The van der Waals surface area contributed by atoms with Gasteiger partial charge >= 0.3 is 0 Å². The molecule has 4 rings (SSSR count). The minimum Gasteiger partial charge on any atom is -0.325 e. The molecule has 1 N–H and O–H groups in total. The number of nitrogens with one attached hydrogen (secondary N) is 1. The van der Waals surface area contributed by atoms with Crippen molar-refractivity contribution in [1.82, 2.24) is 14.8 Å². The summed E-state index contributed by atoms with van der Waals surface area (Å²) >= 11 is 5.90. The van der Waals surface area contributed by atoms with Crippen LogP contribution in [0.3, 0.4) is 0 Å². The van der Waals surface area contributed by atoms with Gasteiger partial charge in [-0.15, -0.1) is 0 Å². The van der Waals surface area contributed by atoms with E-state index in [1.54, 1.807) is 48.0 Å². The van der Waals surface area contributed by atoms with Crippen molar-refractivity contribution in [2.75, 3.05) is 5.32 Å². The first-order chi connectivity index (χ1) is 13.0. The second kappa shape index (κ2) is 6.92. The number of fused-ring (bicyclic) bond motifs is 1. The highest BCUT2D eigenvalue weighted by Crippen LogP contribution is 2.35. The van der Waals surface area contributed by atoms with E-state index in [9.17, 15) is 9.18 Å². The molecule has 1 aromatic heterocycles. The van der Waals surface area contributed by atoms with Crippen molar-refractivity contribution in [3.05, 3.63) is 71.3 Å². The van der Waals surface area contributed by atoms with Crippen LogP contribution in [-0.2, 0) is 4.79 Å². The van der Waals surface area contributed by atoms with Crippen LogP contribution < -0.4 is 5.32 Å². The fourth-order valence-corrected chi connectivity index (χ4v) is 3.35. The number of hydrogen-bond donors (Lipinski definition) is 1. The van der Waals surface area contributed by atoms with E-state index in [0.29, 0.717) is 27.9 Å². The minimum absolute atomic E-state index is 0.269. The highest BCUT2D eigenvalue weighted by atomic mass is 35.5. The number of rotatable bonds is 3. The molecule has 3 aromatic rings. The molecule has 0 saturated carbocycles. The number of carbonyl (C=O) groups excluding carboxylic acids is 1. The van der Waals surface area contributed by atoms with Crippen molar-refractivity contribution >= 4 is 34.9 Å². The van der Waals surface area contributed by atoms with Gasteiger partial charge in [-0.1, -0.05) is 23.7 Å². The molecule has 136 valence electrons. The standard InChI is InChI=1S/C19H15ClFN5O/c1-11-16(18(27)25-15-7-5-13(20)6-8-15)17(12-3-2-4-14(21)9-12)26-19(24-11)22-10-23-26/h2-10,16-17H,1H3,(H,25,27). The molecule has 0 saturated heterocycles. The topological polar surface area (TPSA) is 72.2 Å². The quantitative estimate of drug-likeness (QED) is 0.742. The summed E-state index contributed by atoms with van der Waals surface area (Å²) in [6.07, 6.45) is 1.37. The molecule has 0 bridgehead atoms. The number of nitrogens with zero attached hydrogens (tertiary/aromatic N) is 4. The van der Waals surface area contributed by atoms with Crippen LogP contribution in [0.5, 0.6) is 0 Å². The van der Waals surface area contributed by atoms with Crippen molar-refractivity contribution < 1.29 is 9.18 Å². The lowest BCUT2D eigenvalue weighted by Gasteiger charge is -2.30. The monoisotopic (exact) mass is 383 g/mol. The van der Waals surface area contributed by atoms with Crippen molar-refractivity contribution in [3.63, 3.8) is 0 Å². The molecule has 0 fully saturated rings. The predicted molar refractivity (Wildman–Crippen MR) is 101 cm³/mol. The molecule has 1 aliphatic heterocycles. The van der Waals surface area contributed by atoms with Crippen LogP contribution in [0.25, 0.3) is 0 Å². The zero-order valence-electron chi connectivity index (χ0n) is 14.3. The molecule has 2 heterocycles. The van der Waals surface area contributed by atoms with E-state index in [1.807, 2.05) is 0 Å². The van der Waals surface area contributed by atoms with Crippen molar-refractivity contribution in [2.45, 2.75) is 13.0 Å². The van der Waals surface area contributed by atoms with Gasteiger partial charge in [0.15, 0.2) is 0 Å². The van der Waals surface area contributed by atoms with Crippen LogP contribution in [-0.4, -0.2) is 26.4 Å². The van der Waals surface area contributed by atoms with E-state index in [1.165, 1.54) is 18.5 Å². The predicted octanol–water partition coefficient (Wildman–Crippen LogP) is 4.02. The molecule has 0 aliphatic carbocycles. The normalized spacial score (nSPS) is 18.6. The molecule has 2 unspecified atom stereocenters. The number of carbonyl (C=O) groups is 1. The summed E-state index contributed by atoms with van der Waals surface area (Å²) in [7, 11) is 0. The fourth-order valence-electron chi connectivity index (χ4n) is 3.23. The smallest absolute Gasteiger partial charge is 0.248 e. The van der Waals surface area contributed by atoms with E-state index < -0.39 is 12.0 Å². The summed E-state index contributed by atoms with van der Waals surface area (Å²) in [5, 5.41) is 7.66. The fraction of sp³-hybridized carbons (Fsp3) is 0.158. The van der Waals surface area contributed by atoms with Crippen LogP contribution in [0.1, 0.15) is 18.5 Å². The first kappa shape index (κ1) is 17.4. The Morgan fingerprint density at radius 3 is 2.74 bits per heavy atom. The van der Waals surface area contributed by atoms with E-state index in [0.717, 1.165) is 0 Å². The molecule has 2 aromatic carbocycles. The van der Waals surface area contributed by atoms with E-state index in [-0.39, 0.29) is 11.7 Å². The Labute approximate surface area is 159 Å². The van der Waals surface area contributed by atoms with Gasteiger partial charge in [-0.05, 0) is 48.9 Å². The van der Waals surface area contributed by atoms with Crippen LogP contribution in [0, 0.1) is 11.7 Å². The number of aliphatic imine (C=N–C) groups is 1. The van der Waals surface area contributed by atoms with Gasteiger partial charge in [-0.3, -0.25) is 4.79 Å². The third kappa shape index (κ3) is 3.33. The first-order valence-corrected chi connectivity index (χ1v) is 8.67. The van der Waals surface area contributed by atoms with Crippen LogP contribution in [0.2, 0.25) is 5.02 Å². The molecular formula is C19H15ClFN5O. The van der Waals surface area contributed by atoms with Crippen molar-refractivity contribution in [1.29, 1.82) is 0 Å². The summed E-state index contributed by atoms with van der Waals surface area (Å²) in [5.41, 5.74) is 1.81. The number of hydrogen-bond acceptors (Lipinski definition) is 4. The SMILES string of the molecule is CC1=Nc2ncnn2C(c2cccc(F)c2)C1C(=O)Nc1ccc(Cl)cc1. The minimum atomic E-state index is -0.670. The van der Waals surface area contributed by atoms with E-state index >= 15 is 0 Å². The number of aromatic nitrogens is 3. The highest BCUT2D eigenvalue weighted by molar-refractivity contribution is 6.30. The van der Waals surface area contributed by atoms with Gasteiger partial charge in [-0.25, -0.2) is 14.1 Å². The first-order valence-electron chi connectivity index (χ1n) is 8.29. The van der Waals surface area contributed by atoms with E-state index in [2.05, 4.69) is 20.4 Å². The highest BCUT2D eigenvalue weighted by Gasteiger charge is 2.38. The maximum atomic E-state index is 13.8. The van der Waals surface area contributed by atoms with Gasteiger partial charge in [0, 0.05) is 16.4 Å². The zero-order chi connectivity index (χ0) is 19.0. The average molecular weight is 384 g/mol. The maximum absolute atomic E-state index is 13.8. The van der Waals surface area contributed by atoms with E-state index in [4.69, 9.17) is 11.6 Å². The number of halogens is 2. The Hall–Kier alpha value is -3.06. The lowest BCUT2D eigenvalue weighted by Crippen LogP contribution is -2.39. The van der Waals surface area contributed by atoms with Gasteiger partial charge in [0.1, 0.15) is 18.1 Å². The average Bonchev–Trinajstić information content (AvgIpc) is 3.10. The van der Waals surface area contributed by atoms with Gasteiger partial charge in [0.05, 0.1) is 6.04 Å². The van der Waals surface area contributed by atoms with Crippen molar-refractivity contribution in [2.24, 2.45) is 10.9 Å². The number of amides is 1. The van der Waals surface area contributed by atoms with Gasteiger partial charge < -0.3 is 5.32 Å². The summed E-state index contributed by atoms with van der Waals surface area (Å²) in [4.78, 5) is 21.6. The molecule has 1 aliphatic rings. The van der Waals surface area contributed by atoms with Crippen molar-refractivity contribution in [3.8, 4) is 0 Å². The van der Waals surface area contributed by atoms with Crippen LogP contribution in [0.4, 0.5) is 16.0 Å². The van der Waals surface area contributed by atoms with Crippen LogP contribution in [0.15, 0.2) is 59.9 Å². The molecule has 0 spiro atoms. The summed E-state index contributed by atoms with van der Waals surface area (Å²) in [6.45, 7) is 1.76. The molecule has 1 amide bonds. The second-order valence-corrected chi connectivity index (χ2v) is 6.67. The lowest BCUT2D eigenvalue weighted by atomic mass is 9.87. The summed E-state index contributed by atoms with van der Waals surface area (Å²) in [5.74, 6) is -0.936. The van der Waals surface area contributed by atoms with Gasteiger partial charge in [-0.2, -0.15) is 10.1 Å². The molecule has 8 heteroatoms. The van der Waals surface area contributed by atoms with Crippen LogP contribution >= 0.6 is 11.6 Å². The Bertz CT molecular complexity index is 1030. The zero-order valence-corrected chi connectivity index (χ0v) is 15.1. The summed E-state index contributed by atoms with van der Waals surface area (Å²) in [6, 6.07) is 12.4. The molecular weight excluding hydrogens is 369 g/mol. The Kier molecular flexibility index (Phi) is 4.45. The van der Waals surface area contributed by atoms with Gasteiger partial charge in [0.2, 0.25) is 11.9 Å². The molecule has 0 radical (unpaired) electrons. The Morgan fingerprint density at radius 1 is 1.22 bits per heavy atom. The second-order valence-electron chi connectivity index (χ2n) is 6.23. The van der Waals surface area contributed by atoms with Gasteiger partial charge in [0.25, 0.3) is 0 Å². The lowest BCUT2D eigenvalue weighted by molar-refractivity contribution is -0.118. The molecule has 27 heavy (non-hydrogen) atoms. The molecule has 2 atom stereocenters. The maximum Gasteiger partial charge on any atom is 0.248 e. The molecule has 6 nitrogen and oxygen atoms in total. The Balaban J connectivity index is 1.74. The number of anilines is 1. The Morgan fingerprint density at radius 2 is 2.00 bits per heavy atom. The largest absolute Gasteiger partial charge is 0.325 e. The number of benzene rings is 2. The third-order valence-corrected chi connectivity index (χ3v) is 4.70. The third-order valence-electron chi connectivity index (χ3n) is 4.44. The summed E-state index contributed by atoms with van der Waals surface area (Å²) < 4.78 is 15.4.